The lowest BCUT2D eigenvalue weighted by Crippen LogP contribution is -2.24. The van der Waals surface area contributed by atoms with Gasteiger partial charge in [0.2, 0.25) is 0 Å². The molecule has 0 aliphatic rings. The summed E-state index contributed by atoms with van der Waals surface area (Å²) in [5.41, 5.74) is 0.530. The summed E-state index contributed by atoms with van der Waals surface area (Å²) in [5, 5.41) is 0. The minimum Gasteiger partial charge on any atom is -0.309 e. The van der Waals surface area contributed by atoms with Crippen molar-refractivity contribution >= 4 is 0 Å². The van der Waals surface area contributed by atoms with Crippen LogP contribution in [0.2, 0.25) is 0 Å². The molecule has 0 radical (unpaired) electrons. The Kier molecular flexibility index (Phi) is 10.5. The molecule has 0 amide bonds. The minimum atomic E-state index is 0.530. The molecule has 0 saturated heterocycles. The quantitative estimate of drug-likeness (QED) is 0.546. The first-order valence-electron chi connectivity index (χ1n) is 8.19. The van der Waals surface area contributed by atoms with Crippen LogP contribution in [0.1, 0.15) is 45.4 Å². The maximum atomic E-state index is 2.51. The standard InChI is InChI=1S/C17H39N3/c1-17(11-8-14-18(2)3,12-9-15-19(4)5)13-10-16-20(6)7/h8-16H2,1-7H3. The summed E-state index contributed by atoms with van der Waals surface area (Å²) in [6.07, 6.45) is 8.08. The van der Waals surface area contributed by atoms with Crippen molar-refractivity contribution in [3.8, 4) is 0 Å². The summed E-state index contributed by atoms with van der Waals surface area (Å²) in [5.74, 6) is 0. The van der Waals surface area contributed by atoms with Gasteiger partial charge in [0.25, 0.3) is 0 Å². The first-order valence-corrected chi connectivity index (χ1v) is 8.19. The fraction of sp³-hybridized carbons (Fsp3) is 1.00. The van der Waals surface area contributed by atoms with Gasteiger partial charge in [-0.2, -0.15) is 0 Å². The van der Waals surface area contributed by atoms with Crippen LogP contribution in [0.5, 0.6) is 0 Å². The largest absolute Gasteiger partial charge is 0.309 e. The summed E-state index contributed by atoms with van der Waals surface area (Å²) in [6, 6.07) is 0. The zero-order valence-corrected chi connectivity index (χ0v) is 15.2. The Morgan fingerprint density at radius 3 is 1.00 bits per heavy atom. The molecule has 0 atom stereocenters. The number of nitrogens with zero attached hydrogens (tertiary/aromatic N) is 3. The SMILES string of the molecule is CN(C)CCCC(C)(CCCN(C)C)CCCN(C)C. The molecule has 0 N–H and O–H groups in total. The van der Waals surface area contributed by atoms with Crippen LogP contribution in [0, 0.1) is 5.41 Å². The van der Waals surface area contributed by atoms with Gasteiger partial charge in [0.05, 0.1) is 0 Å². The smallest absolute Gasteiger partial charge is 0.00246 e. The van der Waals surface area contributed by atoms with Gasteiger partial charge in [0.1, 0.15) is 0 Å². The molecule has 0 bridgehead atoms. The molecule has 0 heterocycles. The topological polar surface area (TPSA) is 9.72 Å². The van der Waals surface area contributed by atoms with Gasteiger partial charge in [-0.3, -0.25) is 0 Å². The highest BCUT2D eigenvalue weighted by molar-refractivity contribution is 4.76. The highest BCUT2D eigenvalue weighted by atomic mass is 15.1. The van der Waals surface area contributed by atoms with Gasteiger partial charge in [-0.15, -0.1) is 0 Å². The van der Waals surface area contributed by atoms with Gasteiger partial charge in [0.15, 0.2) is 0 Å². The van der Waals surface area contributed by atoms with E-state index in [1.54, 1.807) is 0 Å². The molecule has 0 fully saturated rings. The van der Waals surface area contributed by atoms with Gasteiger partial charge >= 0.3 is 0 Å². The van der Waals surface area contributed by atoms with Gasteiger partial charge in [-0.25, -0.2) is 0 Å². The Bertz CT molecular complexity index is 188. The molecule has 0 aliphatic carbocycles. The zero-order valence-electron chi connectivity index (χ0n) is 15.2. The van der Waals surface area contributed by atoms with E-state index in [1.807, 2.05) is 0 Å². The van der Waals surface area contributed by atoms with E-state index in [4.69, 9.17) is 0 Å². The summed E-state index contributed by atoms with van der Waals surface area (Å²) in [7, 11) is 13.1. The molecular weight excluding hydrogens is 246 g/mol. The lowest BCUT2D eigenvalue weighted by atomic mass is 9.77. The van der Waals surface area contributed by atoms with Crippen LogP contribution < -0.4 is 0 Å². The summed E-state index contributed by atoms with van der Waals surface area (Å²) in [6.45, 7) is 6.17. The second kappa shape index (κ2) is 10.6. The van der Waals surface area contributed by atoms with Crippen molar-refractivity contribution in [3.63, 3.8) is 0 Å². The molecule has 0 unspecified atom stereocenters. The highest BCUT2D eigenvalue weighted by Crippen LogP contribution is 2.34. The van der Waals surface area contributed by atoms with E-state index >= 15 is 0 Å². The van der Waals surface area contributed by atoms with Crippen molar-refractivity contribution < 1.29 is 0 Å². The predicted octanol–water partition coefficient (Wildman–Crippen LogP) is 3.02. The van der Waals surface area contributed by atoms with E-state index in [0.717, 1.165) is 0 Å². The van der Waals surface area contributed by atoms with E-state index in [1.165, 1.54) is 58.2 Å². The van der Waals surface area contributed by atoms with Crippen molar-refractivity contribution in [2.45, 2.75) is 45.4 Å². The predicted molar refractivity (Wildman–Crippen MR) is 91.5 cm³/mol. The van der Waals surface area contributed by atoms with Gasteiger partial charge in [0, 0.05) is 0 Å². The Morgan fingerprint density at radius 2 is 0.800 bits per heavy atom. The van der Waals surface area contributed by atoms with Crippen LogP contribution in [0.3, 0.4) is 0 Å². The second-order valence-corrected chi connectivity index (χ2v) is 7.53. The Balaban J connectivity index is 4.18. The van der Waals surface area contributed by atoms with Crippen LogP contribution >= 0.6 is 0 Å². The molecule has 0 saturated carbocycles. The molecule has 0 aliphatic heterocycles. The average Bonchev–Trinajstić information content (AvgIpc) is 2.27. The first-order chi connectivity index (χ1) is 9.25. The molecule has 20 heavy (non-hydrogen) atoms. The third-order valence-corrected chi connectivity index (χ3v) is 4.16. The van der Waals surface area contributed by atoms with Gasteiger partial charge in [-0.1, -0.05) is 6.92 Å². The maximum absolute atomic E-state index is 2.51. The molecule has 0 aromatic rings. The van der Waals surface area contributed by atoms with E-state index in [-0.39, 0.29) is 0 Å². The summed E-state index contributed by atoms with van der Waals surface area (Å²) in [4.78, 5) is 6.92. The van der Waals surface area contributed by atoms with Crippen LogP contribution in [-0.2, 0) is 0 Å². The third kappa shape index (κ3) is 11.7. The number of hydrogen-bond acceptors (Lipinski definition) is 3. The molecule has 3 heteroatoms. The Labute approximate surface area is 128 Å². The van der Waals surface area contributed by atoms with E-state index in [9.17, 15) is 0 Å². The van der Waals surface area contributed by atoms with Crippen LogP contribution in [-0.4, -0.2) is 76.6 Å². The van der Waals surface area contributed by atoms with E-state index in [2.05, 4.69) is 63.9 Å². The number of hydrogen-bond donors (Lipinski definition) is 0. The normalized spacial score (nSPS) is 12.9. The molecule has 0 aromatic heterocycles. The molecule has 122 valence electrons. The molecule has 0 aromatic carbocycles. The van der Waals surface area contributed by atoms with Gasteiger partial charge < -0.3 is 14.7 Å². The monoisotopic (exact) mass is 285 g/mol. The van der Waals surface area contributed by atoms with Crippen molar-refractivity contribution in [1.82, 2.24) is 14.7 Å². The summed E-state index contributed by atoms with van der Waals surface area (Å²) >= 11 is 0. The van der Waals surface area contributed by atoms with Crippen LogP contribution in [0.25, 0.3) is 0 Å². The number of rotatable bonds is 12. The highest BCUT2D eigenvalue weighted by Gasteiger charge is 2.23. The zero-order chi connectivity index (χ0) is 15.6. The third-order valence-electron chi connectivity index (χ3n) is 4.16. The average molecular weight is 286 g/mol. The molecule has 3 nitrogen and oxygen atoms in total. The lowest BCUT2D eigenvalue weighted by molar-refractivity contribution is 0.202. The Morgan fingerprint density at radius 1 is 0.550 bits per heavy atom. The second-order valence-electron chi connectivity index (χ2n) is 7.53. The lowest BCUT2D eigenvalue weighted by Gasteiger charge is -2.31. The van der Waals surface area contributed by atoms with Crippen LogP contribution in [0.4, 0.5) is 0 Å². The van der Waals surface area contributed by atoms with Crippen molar-refractivity contribution in [2.75, 3.05) is 61.9 Å². The Hall–Kier alpha value is -0.120. The van der Waals surface area contributed by atoms with Gasteiger partial charge in [-0.05, 0) is 106 Å². The molecule has 0 spiro atoms. The molecular formula is C17H39N3. The maximum Gasteiger partial charge on any atom is -0.00246 e. The van der Waals surface area contributed by atoms with E-state index < -0.39 is 0 Å². The fourth-order valence-electron chi connectivity index (χ4n) is 2.84. The van der Waals surface area contributed by atoms with Crippen molar-refractivity contribution in [2.24, 2.45) is 5.41 Å². The summed E-state index contributed by atoms with van der Waals surface area (Å²) < 4.78 is 0. The van der Waals surface area contributed by atoms with Crippen LogP contribution in [0.15, 0.2) is 0 Å². The van der Waals surface area contributed by atoms with E-state index in [0.29, 0.717) is 5.41 Å². The van der Waals surface area contributed by atoms with Crippen molar-refractivity contribution in [3.05, 3.63) is 0 Å². The molecule has 0 rings (SSSR count). The minimum absolute atomic E-state index is 0.530. The first kappa shape index (κ1) is 19.9. The fourth-order valence-corrected chi connectivity index (χ4v) is 2.84. The van der Waals surface area contributed by atoms with Crippen molar-refractivity contribution in [1.29, 1.82) is 0 Å².